The zero-order valence-electron chi connectivity index (χ0n) is 15.7. The van der Waals surface area contributed by atoms with E-state index in [0.717, 1.165) is 12.8 Å². The van der Waals surface area contributed by atoms with E-state index in [4.69, 9.17) is 0 Å². The molecule has 0 bridgehead atoms. The van der Waals surface area contributed by atoms with E-state index in [-0.39, 0.29) is 23.0 Å². The van der Waals surface area contributed by atoms with Gasteiger partial charge in [0.25, 0.3) is 10.0 Å². The molecule has 0 radical (unpaired) electrons. The fraction of sp³-hybridized carbons (Fsp3) is 0.778. The topological polar surface area (TPSA) is 84.3 Å². The van der Waals surface area contributed by atoms with Crippen molar-refractivity contribution < 1.29 is 13.2 Å². The Morgan fingerprint density at radius 3 is 2.46 bits per heavy atom. The van der Waals surface area contributed by atoms with Crippen LogP contribution in [0.4, 0.5) is 0 Å². The number of hydrogen-bond donors (Lipinski definition) is 1. The highest BCUT2D eigenvalue weighted by atomic mass is 32.2. The van der Waals surface area contributed by atoms with Gasteiger partial charge in [0, 0.05) is 37.8 Å². The summed E-state index contributed by atoms with van der Waals surface area (Å²) in [5.74, 6) is 0.653. The molecular weight excluding hydrogens is 352 g/mol. The zero-order chi connectivity index (χ0) is 18.7. The molecule has 1 aliphatic heterocycles. The van der Waals surface area contributed by atoms with Gasteiger partial charge >= 0.3 is 0 Å². The maximum Gasteiger partial charge on any atom is 0.262 e. The third-order valence-electron chi connectivity index (χ3n) is 5.55. The lowest BCUT2D eigenvalue weighted by Crippen LogP contribution is -2.46. The minimum atomic E-state index is -3.56. The van der Waals surface area contributed by atoms with E-state index in [2.05, 4.69) is 10.3 Å². The summed E-state index contributed by atoms with van der Waals surface area (Å²) in [7, 11) is -3.56. The second kappa shape index (κ2) is 8.08. The quantitative estimate of drug-likeness (QED) is 0.818. The van der Waals surface area contributed by atoms with Crippen molar-refractivity contribution in [1.82, 2.24) is 19.2 Å². The van der Waals surface area contributed by atoms with Crippen LogP contribution in [0, 0.1) is 5.92 Å². The molecule has 1 saturated heterocycles. The number of carbonyl (C=O) groups excluding carboxylic acids is 1. The van der Waals surface area contributed by atoms with Gasteiger partial charge in [0.15, 0.2) is 5.03 Å². The number of nitrogens with one attached hydrogen (secondary N) is 1. The lowest BCUT2D eigenvalue weighted by molar-refractivity contribution is -0.122. The van der Waals surface area contributed by atoms with Crippen LogP contribution in [0.15, 0.2) is 17.6 Å². The Bertz CT molecular complexity index is 715. The van der Waals surface area contributed by atoms with Gasteiger partial charge in [-0.2, -0.15) is 4.31 Å². The molecule has 26 heavy (non-hydrogen) atoms. The van der Waals surface area contributed by atoms with Crippen LogP contribution in [0.2, 0.25) is 0 Å². The van der Waals surface area contributed by atoms with E-state index in [1.165, 1.54) is 17.1 Å². The number of rotatable bonds is 6. The van der Waals surface area contributed by atoms with Gasteiger partial charge in [0.05, 0.1) is 6.33 Å². The Balaban J connectivity index is 1.51. The molecule has 2 aliphatic rings. The van der Waals surface area contributed by atoms with Crippen LogP contribution in [0.25, 0.3) is 0 Å². The molecule has 0 atom stereocenters. The third kappa shape index (κ3) is 4.46. The third-order valence-corrected chi connectivity index (χ3v) is 7.33. The molecular formula is C18H30N4O3S. The monoisotopic (exact) mass is 382 g/mol. The van der Waals surface area contributed by atoms with E-state index < -0.39 is 10.0 Å². The molecule has 2 fully saturated rings. The minimum absolute atomic E-state index is 0.0728. The van der Waals surface area contributed by atoms with Crippen LogP contribution in [-0.2, 0) is 14.8 Å². The van der Waals surface area contributed by atoms with Crippen LogP contribution >= 0.6 is 0 Å². The van der Waals surface area contributed by atoms with Gasteiger partial charge in [-0.25, -0.2) is 13.4 Å². The molecule has 1 amide bonds. The highest BCUT2D eigenvalue weighted by molar-refractivity contribution is 7.89. The van der Waals surface area contributed by atoms with E-state index in [9.17, 15) is 13.2 Å². The average molecular weight is 383 g/mol. The number of hydrogen-bond acceptors (Lipinski definition) is 4. The lowest BCUT2D eigenvalue weighted by Gasteiger charge is -2.31. The molecule has 0 unspecified atom stereocenters. The van der Waals surface area contributed by atoms with Gasteiger partial charge in [0.2, 0.25) is 5.91 Å². The normalized spacial score (nSPS) is 20.7. The van der Waals surface area contributed by atoms with E-state index in [0.29, 0.717) is 38.3 Å². The first-order chi connectivity index (χ1) is 12.4. The van der Waals surface area contributed by atoms with Gasteiger partial charge in [-0.3, -0.25) is 4.79 Å². The number of sulfonamides is 1. The predicted octanol–water partition coefficient (Wildman–Crippen LogP) is 2.31. The molecule has 2 heterocycles. The second-order valence-electron chi connectivity index (χ2n) is 7.85. The van der Waals surface area contributed by atoms with Gasteiger partial charge in [-0.1, -0.05) is 12.8 Å². The first kappa shape index (κ1) is 19.4. The minimum Gasteiger partial charge on any atom is -0.353 e. The maximum absolute atomic E-state index is 12.7. The van der Waals surface area contributed by atoms with Gasteiger partial charge in [-0.15, -0.1) is 0 Å². The van der Waals surface area contributed by atoms with Crippen molar-refractivity contribution in [3.8, 4) is 0 Å². The number of aromatic nitrogens is 2. The van der Waals surface area contributed by atoms with Crippen LogP contribution in [0.3, 0.4) is 0 Å². The Morgan fingerprint density at radius 1 is 1.23 bits per heavy atom. The van der Waals surface area contributed by atoms with Crippen molar-refractivity contribution in [1.29, 1.82) is 0 Å². The Kier molecular flexibility index (Phi) is 6.02. The lowest BCUT2D eigenvalue weighted by atomic mass is 10.0. The van der Waals surface area contributed by atoms with Crippen molar-refractivity contribution in [2.45, 2.75) is 75.9 Å². The van der Waals surface area contributed by atoms with Gasteiger partial charge < -0.3 is 9.88 Å². The van der Waals surface area contributed by atoms with Crippen molar-refractivity contribution in [2.75, 3.05) is 13.1 Å². The van der Waals surface area contributed by atoms with Crippen LogP contribution < -0.4 is 5.32 Å². The zero-order valence-corrected chi connectivity index (χ0v) is 16.5. The van der Waals surface area contributed by atoms with Gasteiger partial charge in [-0.05, 0) is 45.4 Å². The Hall–Kier alpha value is -1.41. The highest BCUT2D eigenvalue weighted by Crippen LogP contribution is 2.27. The summed E-state index contributed by atoms with van der Waals surface area (Å²) in [6.45, 7) is 4.81. The number of nitrogens with zero attached hydrogens (tertiary/aromatic N) is 3. The van der Waals surface area contributed by atoms with Crippen molar-refractivity contribution >= 4 is 15.9 Å². The molecule has 1 aliphatic carbocycles. The van der Waals surface area contributed by atoms with Crippen LogP contribution in [0.5, 0.6) is 0 Å². The number of imidazole rings is 1. The molecule has 1 aromatic heterocycles. The summed E-state index contributed by atoms with van der Waals surface area (Å²) in [4.78, 5) is 16.3. The first-order valence-electron chi connectivity index (χ1n) is 9.69. The van der Waals surface area contributed by atoms with Gasteiger partial charge in [0.1, 0.15) is 0 Å². The van der Waals surface area contributed by atoms with E-state index >= 15 is 0 Å². The van der Waals surface area contributed by atoms with Crippen LogP contribution in [0.1, 0.15) is 64.8 Å². The standard InChI is InChI=1S/C18H30N4O3S/c1-14(2)21-12-18(19-13-21)26(24,25)22-9-7-16(8-10-22)20-17(23)11-15-5-3-4-6-15/h12-16H,3-11H2,1-2H3,(H,20,23). The Morgan fingerprint density at radius 2 is 1.88 bits per heavy atom. The van der Waals surface area contributed by atoms with Crippen molar-refractivity contribution in [3.63, 3.8) is 0 Å². The summed E-state index contributed by atoms with van der Waals surface area (Å²) < 4.78 is 28.8. The Labute approximate surface area is 156 Å². The van der Waals surface area contributed by atoms with Crippen molar-refractivity contribution in [3.05, 3.63) is 12.5 Å². The summed E-state index contributed by atoms with van der Waals surface area (Å²) >= 11 is 0. The summed E-state index contributed by atoms with van der Waals surface area (Å²) in [6, 6.07) is 0.246. The number of amides is 1. The molecule has 0 aromatic carbocycles. The molecule has 1 aromatic rings. The fourth-order valence-electron chi connectivity index (χ4n) is 3.87. The molecule has 1 N–H and O–H groups in total. The summed E-state index contributed by atoms with van der Waals surface area (Å²) in [6.07, 6.45) is 9.87. The summed E-state index contributed by atoms with van der Waals surface area (Å²) in [5.41, 5.74) is 0. The smallest absolute Gasteiger partial charge is 0.262 e. The van der Waals surface area contributed by atoms with Crippen molar-refractivity contribution in [2.24, 2.45) is 5.92 Å². The van der Waals surface area contributed by atoms with E-state index in [1.54, 1.807) is 17.1 Å². The number of piperidine rings is 1. The highest BCUT2D eigenvalue weighted by Gasteiger charge is 2.32. The van der Waals surface area contributed by atoms with Crippen LogP contribution in [-0.4, -0.2) is 47.3 Å². The molecule has 7 nitrogen and oxygen atoms in total. The molecule has 8 heteroatoms. The molecule has 3 rings (SSSR count). The maximum atomic E-state index is 12.7. The largest absolute Gasteiger partial charge is 0.353 e. The molecule has 0 spiro atoms. The molecule has 146 valence electrons. The molecule has 1 saturated carbocycles. The second-order valence-corrected chi connectivity index (χ2v) is 9.74. The predicted molar refractivity (Wildman–Crippen MR) is 99.1 cm³/mol. The number of carbonyl (C=O) groups is 1. The first-order valence-corrected chi connectivity index (χ1v) is 11.1. The summed E-state index contributed by atoms with van der Waals surface area (Å²) in [5, 5.41) is 3.20. The SMILES string of the molecule is CC(C)n1cnc(S(=O)(=O)N2CCC(NC(=O)CC3CCCC3)CC2)c1. The fourth-order valence-corrected chi connectivity index (χ4v) is 5.26. The van der Waals surface area contributed by atoms with E-state index in [1.807, 2.05) is 13.8 Å². The average Bonchev–Trinajstić information content (AvgIpc) is 3.27.